The summed E-state index contributed by atoms with van der Waals surface area (Å²) in [5.74, 6) is -3.16. The first-order chi connectivity index (χ1) is 49.0. The second kappa shape index (κ2) is 48.1. The Balaban J connectivity index is 0.000000542. The zero-order valence-corrected chi connectivity index (χ0v) is 64.8. The van der Waals surface area contributed by atoms with E-state index in [1.54, 1.807) is 35.1 Å². The highest BCUT2D eigenvalue weighted by Gasteiger charge is 2.46. The number of ketones is 1. The Morgan fingerprint density at radius 1 is 0.567 bits per heavy atom. The Hall–Kier alpha value is -7.22. The number of rotatable bonds is 49. The molecule has 0 saturated carbocycles. The number of nitrogens with two attached hydrogens (primary N) is 1. The smallest absolute Gasteiger partial charge is 0.407 e. The average Bonchev–Trinajstić information content (AvgIpc) is 1.45. The number of carbonyl (C=O) groups excluding carboxylic acids is 10. The van der Waals surface area contributed by atoms with Crippen molar-refractivity contribution in [2.75, 3.05) is 131 Å². The zero-order valence-electron chi connectivity index (χ0n) is 64.8. The van der Waals surface area contributed by atoms with Crippen molar-refractivity contribution in [1.29, 1.82) is 0 Å². The van der Waals surface area contributed by atoms with Gasteiger partial charge in [-0.05, 0) is 83.8 Å². The van der Waals surface area contributed by atoms with Gasteiger partial charge in [0, 0.05) is 70.0 Å². The summed E-state index contributed by atoms with van der Waals surface area (Å²) in [6.07, 6.45) is 5.89. The van der Waals surface area contributed by atoms with Gasteiger partial charge < -0.3 is 75.5 Å². The van der Waals surface area contributed by atoms with Crippen LogP contribution in [0.5, 0.6) is 0 Å². The van der Waals surface area contributed by atoms with E-state index in [4.69, 9.17) is 43.6 Å². The summed E-state index contributed by atoms with van der Waals surface area (Å²) in [6.45, 7) is 37.4. The number of urea groups is 2. The minimum absolute atomic E-state index is 0.0561. The topological polar surface area (TPSA) is 380 Å². The van der Waals surface area contributed by atoms with E-state index in [2.05, 4.69) is 83.8 Å². The van der Waals surface area contributed by atoms with Crippen LogP contribution in [-0.2, 0) is 91.2 Å². The number of amides is 11. The molecule has 2 saturated heterocycles. The summed E-state index contributed by atoms with van der Waals surface area (Å²) < 4.78 is 45.4. The van der Waals surface area contributed by atoms with Gasteiger partial charge in [0.15, 0.2) is 5.78 Å². The van der Waals surface area contributed by atoms with Gasteiger partial charge in [0.25, 0.3) is 0 Å². The molecule has 4 atom stereocenters. The van der Waals surface area contributed by atoms with Crippen LogP contribution >= 0.6 is 0 Å². The number of imide groups is 2. The minimum Gasteiger partial charge on any atom is -0.445 e. The molecule has 11 amide bonds. The van der Waals surface area contributed by atoms with E-state index in [1.807, 2.05) is 55.4 Å². The Labute approximate surface area is 616 Å². The molecule has 8 N–H and O–H groups in total. The van der Waals surface area contributed by atoms with Crippen molar-refractivity contribution < 1.29 is 85.8 Å². The molecule has 2 fully saturated rings. The van der Waals surface area contributed by atoms with Gasteiger partial charge in [0.05, 0.1) is 130 Å². The van der Waals surface area contributed by atoms with Gasteiger partial charge in [-0.3, -0.25) is 43.4 Å². The number of hydrogen-bond donors (Lipinski definition) is 7. The molecule has 2 unspecified atom stereocenters. The van der Waals surface area contributed by atoms with Crippen LogP contribution in [0.4, 0.5) is 20.1 Å². The molecule has 590 valence electrons. The molecule has 104 heavy (non-hydrogen) atoms. The Bertz CT molecular complexity index is 2920. The quantitative estimate of drug-likeness (QED) is 0.0249. The lowest BCUT2D eigenvalue weighted by Gasteiger charge is -2.25. The molecular weight excluding hydrogens is 1340 g/mol. The third-order valence-electron chi connectivity index (χ3n) is 17.1. The Kier molecular flexibility index (Phi) is 42.1. The van der Waals surface area contributed by atoms with Gasteiger partial charge in [-0.1, -0.05) is 121 Å². The van der Waals surface area contributed by atoms with Crippen LogP contribution in [0.25, 0.3) is 0 Å². The number of aromatic nitrogens is 3. The lowest BCUT2D eigenvalue weighted by atomic mass is 9.80. The molecule has 0 aliphatic carbocycles. The van der Waals surface area contributed by atoms with Gasteiger partial charge in [-0.25, -0.2) is 19.1 Å². The van der Waals surface area contributed by atoms with E-state index in [0.29, 0.717) is 162 Å². The predicted molar refractivity (Wildman–Crippen MR) is 391 cm³/mol. The number of ether oxygens (including phenoxy) is 8. The summed E-state index contributed by atoms with van der Waals surface area (Å²) in [6, 6.07) is 5.15. The van der Waals surface area contributed by atoms with Crippen molar-refractivity contribution in [3.63, 3.8) is 0 Å². The summed E-state index contributed by atoms with van der Waals surface area (Å²) in [5.41, 5.74) is 6.71. The highest BCUT2D eigenvalue weighted by atomic mass is 16.6. The van der Waals surface area contributed by atoms with Gasteiger partial charge in [-0.2, -0.15) is 0 Å². The highest BCUT2D eigenvalue weighted by molar-refractivity contribution is 6.04. The van der Waals surface area contributed by atoms with Crippen LogP contribution < -0.4 is 37.6 Å². The molecule has 0 bridgehead atoms. The normalized spacial score (nSPS) is 15.6. The number of hydrogen-bond acceptors (Lipinski definition) is 20. The SMILES string of the molecule is CC(C)(C)CCNC(=O)NCCOCCOCCOCCOCCOCCOCCOCCn1cc(CN2C(=O)CC(C(C)(C)C)C2=O)nn1.CC(C)[C@H](NC(=O)CCCCCN1C(=O)CC(C(C)(C)C)C1=O)C(=O)C[C@@H](CCCNC(N)=O)C(=O)Nc1ccc(COC(=O)NCCC(C)(C)C)cc1. The third kappa shape index (κ3) is 39.8. The lowest BCUT2D eigenvalue weighted by molar-refractivity contribution is -0.142. The monoisotopic (exact) mass is 1470 g/mol. The number of Topliss-reactive ketones (excluding diaryl/α,β-unsaturated/α-hetero) is 1. The van der Waals surface area contributed by atoms with Crippen LogP contribution in [0, 0.1) is 45.3 Å². The van der Waals surface area contributed by atoms with Crippen LogP contribution in [-0.4, -0.2) is 215 Å². The molecule has 30 nitrogen and oxygen atoms in total. The van der Waals surface area contributed by atoms with Gasteiger partial charge in [0.2, 0.25) is 35.4 Å². The molecular formula is C74H126N12O18. The average molecular weight is 1470 g/mol. The second-order valence-corrected chi connectivity index (χ2v) is 31.1. The summed E-state index contributed by atoms with van der Waals surface area (Å²) in [4.78, 5) is 128. The van der Waals surface area contributed by atoms with E-state index in [-0.39, 0.29) is 138 Å². The molecule has 2 aliphatic rings. The summed E-state index contributed by atoms with van der Waals surface area (Å²) in [5, 5.41) is 24.7. The van der Waals surface area contributed by atoms with E-state index in [0.717, 1.165) is 18.4 Å². The van der Waals surface area contributed by atoms with Crippen molar-refractivity contribution in [1.82, 2.24) is 51.4 Å². The number of unbranched alkanes of at least 4 members (excludes halogenated alkanes) is 2. The maximum absolute atomic E-state index is 13.6. The zero-order chi connectivity index (χ0) is 77.3. The number of nitrogens with one attached hydrogen (secondary N) is 6. The molecule has 2 aliphatic heterocycles. The van der Waals surface area contributed by atoms with Crippen molar-refractivity contribution in [2.45, 2.75) is 193 Å². The number of anilines is 1. The number of alkyl carbamates (subject to hydrolysis) is 1. The number of benzene rings is 1. The second-order valence-electron chi connectivity index (χ2n) is 31.1. The molecule has 2 aromatic rings. The van der Waals surface area contributed by atoms with Crippen molar-refractivity contribution in [3.8, 4) is 0 Å². The fraction of sp³-hybridized carbons (Fsp3) is 0.757. The first kappa shape index (κ1) is 91.0. The van der Waals surface area contributed by atoms with Gasteiger partial charge in [0.1, 0.15) is 12.3 Å². The molecule has 1 aromatic carbocycles. The number of likely N-dealkylation sites (tertiary alicyclic amines) is 2. The van der Waals surface area contributed by atoms with Crippen molar-refractivity contribution in [3.05, 3.63) is 41.7 Å². The predicted octanol–water partition coefficient (Wildman–Crippen LogP) is 7.48. The van der Waals surface area contributed by atoms with Crippen molar-refractivity contribution >= 4 is 65.1 Å². The fourth-order valence-electron chi connectivity index (χ4n) is 10.8. The molecule has 1 aromatic heterocycles. The van der Waals surface area contributed by atoms with Gasteiger partial charge in [-0.15, -0.1) is 5.10 Å². The van der Waals surface area contributed by atoms with E-state index < -0.39 is 24.1 Å². The highest BCUT2D eigenvalue weighted by Crippen LogP contribution is 2.37. The maximum atomic E-state index is 13.6. The van der Waals surface area contributed by atoms with E-state index >= 15 is 0 Å². The molecule has 0 radical (unpaired) electrons. The minimum atomic E-state index is -0.810. The van der Waals surface area contributed by atoms with Gasteiger partial charge >= 0.3 is 18.2 Å². The first-order valence-electron chi connectivity index (χ1n) is 36.8. The van der Waals surface area contributed by atoms with Crippen molar-refractivity contribution in [2.24, 2.45) is 51.1 Å². The van der Waals surface area contributed by atoms with Crippen LogP contribution in [0.1, 0.15) is 179 Å². The Morgan fingerprint density at radius 2 is 1.06 bits per heavy atom. The van der Waals surface area contributed by atoms with E-state index in [9.17, 15) is 47.9 Å². The molecule has 30 heteroatoms. The maximum Gasteiger partial charge on any atom is 0.407 e. The number of carbonyl (C=O) groups is 10. The number of primary amides is 1. The van der Waals surface area contributed by atoms with Crippen LogP contribution in [0.15, 0.2) is 30.5 Å². The molecule has 4 rings (SSSR count). The third-order valence-corrected chi connectivity index (χ3v) is 17.1. The van der Waals surface area contributed by atoms with Crippen LogP contribution in [0.2, 0.25) is 0 Å². The molecule has 3 heterocycles. The lowest BCUT2D eigenvalue weighted by Crippen LogP contribution is -2.45. The van der Waals surface area contributed by atoms with E-state index in [1.165, 1.54) is 9.80 Å². The fourth-order valence-corrected chi connectivity index (χ4v) is 10.8. The number of nitrogens with zero attached hydrogens (tertiary/aromatic N) is 5. The first-order valence-corrected chi connectivity index (χ1v) is 36.8. The summed E-state index contributed by atoms with van der Waals surface area (Å²) in [7, 11) is 0. The van der Waals surface area contributed by atoms with Crippen LogP contribution in [0.3, 0.4) is 0 Å². The molecule has 0 spiro atoms. The largest absolute Gasteiger partial charge is 0.445 e. The Morgan fingerprint density at radius 3 is 1.56 bits per heavy atom. The standard InChI is InChI=1S/C40H64N6O8.C34H62N6O10/c1-26(2)34(45-32(48)14-10-9-11-22-46-33(49)24-30(36(46)51)40(6,7)8)31(47)23-28(13-12-20-42-37(41)52)35(50)44-29-17-15-27(16-18-29)25-54-38(53)43-21-19-39(3,4)5;1-33(2,3)7-8-35-32(43)36-9-11-44-13-15-46-17-19-48-21-23-50-24-22-49-20-18-47-16-14-45-12-10-39-26-28(37-38-39)27-40-30(41)25-29(31(40)42)34(4,5)6/h15-18,26,28,30,34H,9-14,19-25H2,1-8H3,(H,43,53)(H,44,50)(H,45,48)(H3,41,42,52);26,29H,7-25,27H2,1-6H3,(H2,35,36,43)/t28-,30?,34+;/m1./s1. The summed E-state index contributed by atoms with van der Waals surface area (Å²) >= 11 is 0.